The Hall–Kier alpha value is -0.570. The van der Waals surface area contributed by atoms with Gasteiger partial charge in [-0.2, -0.15) is 0 Å². The minimum Gasteiger partial charge on any atom is -0.455 e. The number of fused-ring (bicyclic) bond motifs is 2. The third-order valence-electron chi connectivity index (χ3n) is 5.12. The van der Waals surface area contributed by atoms with Gasteiger partial charge in [-0.05, 0) is 42.2 Å². The van der Waals surface area contributed by atoms with Crippen LogP contribution in [0.25, 0.3) is 0 Å². The summed E-state index contributed by atoms with van der Waals surface area (Å²) in [7, 11) is 0. The fourth-order valence-corrected chi connectivity index (χ4v) is 3.53. The Morgan fingerprint density at radius 1 is 1.31 bits per heavy atom. The summed E-state index contributed by atoms with van der Waals surface area (Å²) < 4.78 is 5.22. The van der Waals surface area contributed by atoms with Gasteiger partial charge < -0.3 is 4.74 Å². The van der Waals surface area contributed by atoms with Crippen molar-refractivity contribution in [3.8, 4) is 0 Å². The van der Waals surface area contributed by atoms with Gasteiger partial charge in [-0.1, -0.05) is 20.8 Å². The van der Waals surface area contributed by atoms with Crippen molar-refractivity contribution in [3.05, 3.63) is 0 Å². The van der Waals surface area contributed by atoms with Gasteiger partial charge in [-0.3, -0.25) is 4.79 Å². The van der Waals surface area contributed by atoms with Gasteiger partial charge in [0.15, 0.2) is 0 Å². The van der Waals surface area contributed by atoms with E-state index < -0.39 is 11.2 Å². The fourth-order valence-electron chi connectivity index (χ4n) is 3.48. The van der Waals surface area contributed by atoms with E-state index in [4.69, 9.17) is 16.3 Å². The molecular formula is C12H17ClO3. The number of carbonyl (C=O) groups is 2. The predicted octanol–water partition coefficient (Wildman–Crippen LogP) is 2.51. The first-order valence-corrected chi connectivity index (χ1v) is 6.07. The summed E-state index contributed by atoms with van der Waals surface area (Å²) >= 11 is 5.11. The number of hydrogen-bond acceptors (Lipinski definition) is 3. The molecule has 0 aromatic rings. The van der Waals surface area contributed by atoms with Crippen molar-refractivity contribution in [2.75, 3.05) is 0 Å². The van der Waals surface area contributed by atoms with Crippen molar-refractivity contribution >= 4 is 22.8 Å². The van der Waals surface area contributed by atoms with Crippen LogP contribution in [0.5, 0.6) is 0 Å². The molecule has 3 nitrogen and oxygen atoms in total. The molecular weight excluding hydrogens is 228 g/mol. The van der Waals surface area contributed by atoms with E-state index >= 15 is 0 Å². The number of esters is 1. The SMILES string of the molecule is CC1(C)[C@H]2CC[C@@]1(C)[C@H](OC(=O)C(=O)Cl)C2. The molecule has 4 heteroatoms. The van der Waals surface area contributed by atoms with E-state index in [9.17, 15) is 9.59 Å². The summed E-state index contributed by atoms with van der Waals surface area (Å²) in [5.74, 6) is -0.322. The van der Waals surface area contributed by atoms with Crippen LogP contribution in [0.4, 0.5) is 0 Å². The predicted molar refractivity (Wildman–Crippen MR) is 60.0 cm³/mol. The lowest BCUT2D eigenvalue weighted by molar-refractivity contribution is -0.160. The molecule has 0 aliphatic heterocycles. The lowest BCUT2D eigenvalue weighted by Crippen LogP contribution is -2.39. The standard InChI is InChI=1S/C12H17ClO3/c1-11(2)7-4-5-12(11,3)8(6-7)16-10(15)9(13)14/h7-8H,4-6H2,1-3H3/t7-,8+,12-/m0/s1. The number of ether oxygens (including phenoxy) is 1. The number of halogens is 1. The van der Waals surface area contributed by atoms with E-state index in [-0.39, 0.29) is 16.9 Å². The van der Waals surface area contributed by atoms with Crippen molar-refractivity contribution in [1.82, 2.24) is 0 Å². The quantitative estimate of drug-likeness (QED) is 0.426. The summed E-state index contributed by atoms with van der Waals surface area (Å²) in [5.41, 5.74) is 0.160. The molecule has 0 aromatic heterocycles. The van der Waals surface area contributed by atoms with Crippen molar-refractivity contribution < 1.29 is 14.3 Å². The van der Waals surface area contributed by atoms with Crippen LogP contribution in [0.2, 0.25) is 0 Å². The van der Waals surface area contributed by atoms with E-state index in [1.54, 1.807) is 0 Å². The topological polar surface area (TPSA) is 43.4 Å². The Kier molecular flexibility index (Phi) is 2.57. The first kappa shape index (κ1) is 11.9. The normalized spacial score (nSPS) is 39.8. The van der Waals surface area contributed by atoms with Crippen LogP contribution in [-0.4, -0.2) is 17.3 Å². The highest BCUT2D eigenvalue weighted by atomic mass is 35.5. The second-order valence-corrected chi connectivity index (χ2v) is 6.12. The van der Waals surface area contributed by atoms with Crippen molar-refractivity contribution in [3.63, 3.8) is 0 Å². The molecule has 2 aliphatic rings. The highest BCUT2D eigenvalue weighted by Gasteiger charge is 2.63. The van der Waals surface area contributed by atoms with Crippen LogP contribution < -0.4 is 0 Å². The maximum absolute atomic E-state index is 11.2. The first-order valence-electron chi connectivity index (χ1n) is 5.69. The van der Waals surface area contributed by atoms with Crippen molar-refractivity contribution in [2.45, 2.75) is 46.1 Å². The minimum atomic E-state index is -1.02. The zero-order valence-electron chi connectivity index (χ0n) is 9.88. The molecule has 16 heavy (non-hydrogen) atoms. The summed E-state index contributed by atoms with van der Waals surface area (Å²) in [6.45, 7) is 6.60. The molecule has 2 aliphatic carbocycles. The minimum absolute atomic E-state index is 0.0142. The third-order valence-corrected chi connectivity index (χ3v) is 5.28. The van der Waals surface area contributed by atoms with E-state index in [0.717, 1.165) is 12.8 Å². The molecule has 2 fully saturated rings. The first-order chi connectivity index (χ1) is 7.29. The smallest absolute Gasteiger partial charge is 0.391 e. The number of hydrogen-bond donors (Lipinski definition) is 0. The van der Waals surface area contributed by atoms with Gasteiger partial charge in [0.25, 0.3) is 0 Å². The van der Waals surface area contributed by atoms with E-state index in [1.807, 2.05) is 0 Å². The molecule has 0 radical (unpaired) electrons. The van der Waals surface area contributed by atoms with Crippen LogP contribution in [0.15, 0.2) is 0 Å². The number of rotatable bonds is 2. The van der Waals surface area contributed by atoms with E-state index in [0.29, 0.717) is 5.92 Å². The Balaban J connectivity index is 2.16. The summed E-state index contributed by atoms with van der Waals surface area (Å²) in [6, 6.07) is 0. The molecule has 0 aromatic carbocycles. The summed E-state index contributed by atoms with van der Waals surface area (Å²) in [4.78, 5) is 21.9. The van der Waals surface area contributed by atoms with Crippen LogP contribution in [-0.2, 0) is 14.3 Å². The largest absolute Gasteiger partial charge is 0.455 e. The third kappa shape index (κ3) is 1.41. The monoisotopic (exact) mass is 244 g/mol. The average molecular weight is 245 g/mol. The van der Waals surface area contributed by atoms with Crippen LogP contribution in [0, 0.1) is 16.7 Å². The molecule has 0 spiro atoms. The Labute approximate surface area is 100 Å². The van der Waals surface area contributed by atoms with E-state index in [1.165, 1.54) is 6.42 Å². The number of carbonyl (C=O) groups excluding carboxylic acids is 2. The van der Waals surface area contributed by atoms with Crippen LogP contribution in [0.3, 0.4) is 0 Å². The maximum atomic E-state index is 11.2. The highest BCUT2D eigenvalue weighted by molar-refractivity contribution is 6.80. The van der Waals surface area contributed by atoms with Crippen molar-refractivity contribution in [2.24, 2.45) is 16.7 Å². The van der Waals surface area contributed by atoms with Gasteiger partial charge in [0.05, 0.1) is 0 Å². The summed E-state index contributed by atoms with van der Waals surface area (Å²) in [6.07, 6.45) is 2.95. The molecule has 2 saturated carbocycles. The van der Waals surface area contributed by atoms with E-state index in [2.05, 4.69) is 20.8 Å². The zero-order valence-corrected chi connectivity index (χ0v) is 10.6. The van der Waals surface area contributed by atoms with Crippen molar-refractivity contribution in [1.29, 1.82) is 0 Å². The van der Waals surface area contributed by atoms with Gasteiger partial charge in [-0.25, -0.2) is 4.79 Å². The molecule has 0 unspecified atom stereocenters. The zero-order chi connectivity index (χ0) is 12.1. The van der Waals surface area contributed by atoms with Crippen LogP contribution >= 0.6 is 11.6 Å². The molecule has 0 heterocycles. The average Bonchev–Trinajstić information content (AvgIpc) is 2.50. The molecule has 3 atom stereocenters. The molecule has 2 bridgehead atoms. The second kappa shape index (κ2) is 3.46. The maximum Gasteiger partial charge on any atom is 0.391 e. The van der Waals surface area contributed by atoms with Gasteiger partial charge in [0.2, 0.25) is 0 Å². The second-order valence-electron chi connectivity index (χ2n) is 5.78. The lowest BCUT2D eigenvalue weighted by Gasteiger charge is -2.38. The molecule has 0 amide bonds. The Bertz CT molecular complexity index is 350. The van der Waals surface area contributed by atoms with Crippen LogP contribution in [0.1, 0.15) is 40.0 Å². The van der Waals surface area contributed by atoms with Gasteiger partial charge in [0, 0.05) is 5.41 Å². The Morgan fingerprint density at radius 3 is 2.31 bits per heavy atom. The molecule has 90 valence electrons. The molecule has 0 N–H and O–H groups in total. The summed E-state index contributed by atoms with van der Waals surface area (Å²) in [5, 5.41) is -1.02. The molecule has 2 rings (SSSR count). The Morgan fingerprint density at radius 2 is 1.94 bits per heavy atom. The molecule has 0 saturated heterocycles. The fraction of sp³-hybridized carbons (Fsp3) is 0.833. The van der Waals surface area contributed by atoms with Gasteiger partial charge >= 0.3 is 11.2 Å². The van der Waals surface area contributed by atoms with Gasteiger partial charge in [0.1, 0.15) is 6.10 Å². The van der Waals surface area contributed by atoms with Gasteiger partial charge in [-0.15, -0.1) is 0 Å². The highest BCUT2D eigenvalue weighted by Crippen LogP contribution is 2.66. The lowest BCUT2D eigenvalue weighted by atomic mass is 9.70.